The van der Waals surface area contributed by atoms with Crippen molar-refractivity contribution in [2.24, 2.45) is 0 Å². The first-order valence-corrected chi connectivity index (χ1v) is 12.4. The van der Waals surface area contributed by atoms with Crippen molar-refractivity contribution in [3.05, 3.63) is 89.5 Å². The first-order valence-electron chi connectivity index (χ1n) is 12.0. The van der Waals surface area contributed by atoms with Crippen LogP contribution in [-0.2, 0) is 5.41 Å². The molecule has 0 heterocycles. The maximum absolute atomic E-state index is 12.8. The molecular weight excluding hydrogens is 470 g/mol. The molecule has 0 atom stereocenters. The van der Waals surface area contributed by atoms with Crippen molar-refractivity contribution in [2.45, 2.75) is 46.0 Å². The van der Waals surface area contributed by atoms with E-state index in [1.54, 1.807) is 42.5 Å². The van der Waals surface area contributed by atoms with E-state index in [1.807, 2.05) is 30.3 Å². The van der Waals surface area contributed by atoms with E-state index in [1.165, 1.54) is 0 Å². The standard InChI is InChI=1S/C29H33N3O3S/c1-5-6-18-35-25-13-8-7-12-24(25)27(34)32-28(36)31-23-11-9-10-22(19-23)30-26(33)20-14-16-21(17-15-20)29(2,3)4/h7-17,19H,5-6,18H2,1-4H3,(H,30,33)(H2,31,32,34,36). The van der Waals surface area contributed by atoms with Crippen molar-refractivity contribution in [1.82, 2.24) is 5.32 Å². The van der Waals surface area contributed by atoms with Gasteiger partial charge in [0.15, 0.2) is 5.11 Å². The number of carbonyl (C=O) groups excluding carboxylic acids is 2. The molecule has 0 bridgehead atoms. The Morgan fingerprint density at radius 1 is 0.861 bits per heavy atom. The Morgan fingerprint density at radius 3 is 2.19 bits per heavy atom. The van der Waals surface area contributed by atoms with Crippen molar-refractivity contribution in [3.63, 3.8) is 0 Å². The fraction of sp³-hybridized carbons (Fsp3) is 0.276. The monoisotopic (exact) mass is 503 g/mol. The molecule has 0 unspecified atom stereocenters. The van der Waals surface area contributed by atoms with Crippen molar-refractivity contribution < 1.29 is 14.3 Å². The van der Waals surface area contributed by atoms with Crippen LogP contribution >= 0.6 is 12.2 Å². The predicted molar refractivity (Wildman–Crippen MR) is 150 cm³/mol. The number of amides is 2. The summed E-state index contributed by atoms with van der Waals surface area (Å²) in [5.41, 5.74) is 3.41. The number of ether oxygens (including phenoxy) is 1. The van der Waals surface area contributed by atoms with Crippen LogP contribution in [0.15, 0.2) is 72.8 Å². The molecule has 0 aliphatic carbocycles. The quantitative estimate of drug-likeness (QED) is 0.240. The zero-order valence-corrected chi connectivity index (χ0v) is 22.0. The van der Waals surface area contributed by atoms with E-state index in [0.717, 1.165) is 18.4 Å². The van der Waals surface area contributed by atoms with Crippen LogP contribution in [-0.4, -0.2) is 23.5 Å². The van der Waals surface area contributed by atoms with Gasteiger partial charge in [-0.25, -0.2) is 0 Å². The van der Waals surface area contributed by atoms with Gasteiger partial charge >= 0.3 is 0 Å². The second kappa shape index (κ2) is 12.3. The van der Waals surface area contributed by atoms with Gasteiger partial charge in [-0.15, -0.1) is 0 Å². The Morgan fingerprint density at radius 2 is 1.53 bits per heavy atom. The van der Waals surface area contributed by atoms with Crippen LogP contribution in [0.25, 0.3) is 0 Å². The third-order valence-electron chi connectivity index (χ3n) is 5.51. The minimum atomic E-state index is -0.359. The van der Waals surface area contributed by atoms with Crippen LogP contribution in [0.5, 0.6) is 5.75 Å². The van der Waals surface area contributed by atoms with Gasteiger partial charge in [0, 0.05) is 16.9 Å². The first kappa shape index (κ1) is 26.9. The molecule has 0 spiro atoms. The first-order chi connectivity index (χ1) is 17.2. The Hall–Kier alpha value is -3.71. The summed E-state index contributed by atoms with van der Waals surface area (Å²) in [6, 6.07) is 21.8. The second-order valence-electron chi connectivity index (χ2n) is 9.47. The number of nitrogens with one attached hydrogen (secondary N) is 3. The third kappa shape index (κ3) is 7.65. The van der Waals surface area contributed by atoms with E-state index in [9.17, 15) is 9.59 Å². The van der Waals surface area contributed by atoms with Crippen molar-refractivity contribution in [3.8, 4) is 5.75 Å². The summed E-state index contributed by atoms with van der Waals surface area (Å²) in [6.45, 7) is 9.02. The molecule has 7 heteroatoms. The Kier molecular flexibility index (Phi) is 9.19. The summed E-state index contributed by atoms with van der Waals surface area (Å²) in [5.74, 6) is -0.0441. The molecule has 0 saturated carbocycles. The minimum Gasteiger partial charge on any atom is -0.493 e. The molecule has 0 fully saturated rings. The number of unbranched alkanes of at least 4 members (excludes halogenated alkanes) is 1. The molecule has 36 heavy (non-hydrogen) atoms. The van der Waals surface area contributed by atoms with Gasteiger partial charge in [-0.1, -0.05) is 64.4 Å². The lowest BCUT2D eigenvalue weighted by atomic mass is 9.87. The highest BCUT2D eigenvalue weighted by Gasteiger charge is 2.15. The largest absolute Gasteiger partial charge is 0.493 e. The van der Waals surface area contributed by atoms with Crippen molar-refractivity contribution in [1.29, 1.82) is 0 Å². The normalized spacial score (nSPS) is 10.9. The van der Waals surface area contributed by atoms with Crippen LogP contribution in [0.4, 0.5) is 11.4 Å². The van der Waals surface area contributed by atoms with Crippen molar-refractivity contribution >= 4 is 40.5 Å². The molecule has 188 valence electrons. The molecule has 2 amide bonds. The second-order valence-corrected chi connectivity index (χ2v) is 9.88. The molecule has 0 aliphatic rings. The van der Waals surface area contributed by atoms with E-state index in [2.05, 4.69) is 43.6 Å². The van der Waals surface area contributed by atoms with Crippen LogP contribution in [0, 0.1) is 0 Å². The summed E-state index contributed by atoms with van der Waals surface area (Å²) in [4.78, 5) is 25.5. The summed E-state index contributed by atoms with van der Waals surface area (Å²) < 4.78 is 5.75. The summed E-state index contributed by atoms with van der Waals surface area (Å²) >= 11 is 5.34. The smallest absolute Gasteiger partial charge is 0.261 e. The number of carbonyl (C=O) groups is 2. The molecule has 0 saturated heterocycles. The number of anilines is 2. The van der Waals surface area contributed by atoms with E-state index in [0.29, 0.717) is 34.9 Å². The maximum atomic E-state index is 12.8. The lowest BCUT2D eigenvalue weighted by molar-refractivity contribution is 0.0972. The minimum absolute atomic E-state index is 0.0208. The van der Waals surface area contributed by atoms with Gasteiger partial charge in [-0.3, -0.25) is 14.9 Å². The number of rotatable bonds is 8. The van der Waals surface area contributed by atoms with Gasteiger partial charge in [-0.05, 0) is 72.1 Å². The van der Waals surface area contributed by atoms with Crippen LogP contribution in [0.1, 0.15) is 66.8 Å². The Bertz CT molecular complexity index is 1220. The number of para-hydroxylation sites is 1. The fourth-order valence-electron chi connectivity index (χ4n) is 3.44. The van der Waals surface area contributed by atoms with Crippen molar-refractivity contribution in [2.75, 3.05) is 17.2 Å². The molecule has 3 aromatic rings. The molecule has 3 rings (SSSR count). The SMILES string of the molecule is CCCCOc1ccccc1C(=O)NC(=S)Nc1cccc(NC(=O)c2ccc(C(C)(C)C)cc2)c1. The fourth-order valence-corrected chi connectivity index (χ4v) is 3.65. The van der Waals surface area contributed by atoms with E-state index in [4.69, 9.17) is 17.0 Å². The zero-order chi connectivity index (χ0) is 26.1. The molecular formula is C29H33N3O3S. The van der Waals surface area contributed by atoms with Crippen LogP contribution in [0.3, 0.4) is 0 Å². The molecule has 0 aromatic heterocycles. The summed E-state index contributed by atoms with van der Waals surface area (Å²) in [7, 11) is 0. The number of hydrogen-bond donors (Lipinski definition) is 3. The average molecular weight is 504 g/mol. The van der Waals surface area contributed by atoms with E-state index >= 15 is 0 Å². The van der Waals surface area contributed by atoms with Crippen LogP contribution in [0.2, 0.25) is 0 Å². The zero-order valence-electron chi connectivity index (χ0n) is 21.2. The Labute approximate surface area is 218 Å². The highest BCUT2D eigenvalue weighted by molar-refractivity contribution is 7.80. The topological polar surface area (TPSA) is 79.5 Å². The Balaban J connectivity index is 1.60. The molecule has 0 aliphatic heterocycles. The highest BCUT2D eigenvalue weighted by Crippen LogP contribution is 2.23. The van der Waals surface area contributed by atoms with Crippen LogP contribution < -0.4 is 20.7 Å². The number of hydrogen-bond acceptors (Lipinski definition) is 4. The third-order valence-corrected chi connectivity index (χ3v) is 5.71. The maximum Gasteiger partial charge on any atom is 0.261 e. The van der Waals surface area contributed by atoms with E-state index < -0.39 is 0 Å². The highest BCUT2D eigenvalue weighted by atomic mass is 32.1. The summed E-state index contributed by atoms with van der Waals surface area (Å²) in [5, 5.41) is 8.74. The van der Waals surface area contributed by atoms with Gasteiger partial charge in [0.25, 0.3) is 11.8 Å². The molecule has 0 radical (unpaired) electrons. The average Bonchev–Trinajstić information content (AvgIpc) is 2.84. The predicted octanol–water partition coefficient (Wildman–Crippen LogP) is 6.54. The van der Waals surface area contributed by atoms with Gasteiger partial charge in [-0.2, -0.15) is 0 Å². The lowest BCUT2D eigenvalue weighted by Gasteiger charge is -2.19. The number of thiocarbonyl (C=S) groups is 1. The molecule has 3 N–H and O–H groups in total. The van der Waals surface area contributed by atoms with E-state index in [-0.39, 0.29) is 22.3 Å². The molecule has 3 aromatic carbocycles. The van der Waals surface area contributed by atoms with Gasteiger partial charge in [0.05, 0.1) is 12.2 Å². The van der Waals surface area contributed by atoms with Gasteiger partial charge in [0.2, 0.25) is 0 Å². The lowest BCUT2D eigenvalue weighted by Crippen LogP contribution is -2.34. The van der Waals surface area contributed by atoms with Gasteiger partial charge in [0.1, 0.15) is 5.75 Å². The number of benzene rings is 3. The van der Waals surface area contributed by atoms with Gasteiger partial charge < -0.3 is 15.4 Å². The molecule has 6 nitrogen and oxygen atoms in total. The summed E-state index contributed by atoms with van der Waals surface area (Å²) in [6.07, 6.45) is 1.91.